The quantitative estimate of drug-likeness (QED) is 0.609. The van der Waals surface area contributed by atoms with Gasteiger partial charge in [-0.2, -0.15) is 5.10 Å². The van der Waals surface area contributed by atoms with Crippen molar-refractivity contribution in [3.8, 4) is 0 Å². The monoisotopic (exact) mass is 275 g/mol. The number of benzene rings is 1. The second-order valence-electron chi connectivity index (χ2n) is 4.93. The van der Waals surface area contributed by atoms with Crippen molar-refractivity contribution in [2.45, 2.75) is 6.04 Å². The summed E-state index contributed by atoms with van der Waals surface area (Å²) >= 11 is 0. The first-order chi connectivity index (χ1) is 10.3. The number of nitrogens with two attached hydrogens (primary N) is 1. The topological polar surface area (TPSA) is 69.1 Å². The van der Waals surface area contributed by atoms with E-state index in [2.05, 4.69) is 21.1 Å². The van der Waals surface area contributed by atoms with Gasteiger partial charge in [-0.15, -0.1) is 0 Å². The maximum atomic E-state index is 6.47. The van der Waals surface area contributed by atoms with Crippen molar-refractivity contribution in [1.82, 2.24) is 19.6 Å². The average molecular weight is 275 g/mol. The highest BCUT2D eigenvalue weighted by atomic mass is 15.2. The molecule has 0 spiro atoms. The van der Waals surface area contributed by atoms with Crippen LogP contribution in [0.3, 0.4) is 0 Å². The summed E-state index contributed by atoms with van der Waals surface area (Å²) in [5, 5.41) is 6.52. The van der Waals surface area contributed by atoms with E-state index in [4.69, 9.17) is 5.73 Å². The van der Waals surface area contributed by atoms with E-state index in [0.29, 0.717) is 0 Å². The van der Waals surface area contributed by atoms with Crippen LogP contribution in [-0.2, 0) is 0 Å². The van der Waals surface area contributed by atoms with Gasteiger partial charge in [-0.05, 0) is 10.9 Å². The summed E-state index contributed by atoms with van der Waals surface area (Å²) < 4.78 is 1.78. The predicted molar refractivity (Wildman–Crippen MR) is 80.8 cm³/mol. The number of fused-ring (bicyclic) bond motifs is 2. The number of nitrogens with zero attached hydrogens (tertiary/aromatic N) is 4. The Hall–Kier alpha value is -2.79. The lowest BCUT2D eigenvalue weighted by Crippen LogP contribution is -2.12. The molecule has 0 bridgehead atoms. The van der Waals surface area contributed by atoms with Crippen molar-refractivity contribution < 1.29 is 0 Å². The molecule has 0 saturated carbocycles. The molecule has 3 heterocycles. The molecule has 1 aromatic carbocycles. The molecule has 0 aliphatic heterocycles. The Morgan fingerprint density at radius 2 is 1.86 bits per heavy atom. The second kappa shape index (κ2) is 4.64. The third kappa shape index (κ3) is 1.86. The highest BCUT2D eigenvalue weighted by molar-refractivity contribution is 5.85. The van der Waals surface area contributed by atoms with E-state index in [1.807, 2.05) is 36.8 Å². The number of hydrogen-bond acceptors (Lipinski definition) is 4. The summed E-state index contributed by atoms with van der Waals surface area (Å²) in [7, 11) is 0. The normalized spacial score (nSPS) is 12.8. The van der Waals surface area contributed by atoms with Crippen LogP contribution in [0.4, 0.5) is 0 Å². The van der Waals surface area contributed by atoms with Crippen molar-refractivity contribution in [3.63, 3.8) is 0 Å². The van der Waals surface area contributed by atoms with Gasteiger partial charge in [0.25, 0.3) is 0 Å². The zero-order valence-electron chi connectivity index (χ0n) is 11.2. The van der Waals surface area contributed by atoms with Gasteiger partial charge in [-0.25, -0.2) is 4.52 Å². The lowest BCUT2D eigenvalue weighted by molar-refractivity contribution is 0.881. The maximum Gasteiger partial charge on any atom is 0.0896 e. The first-order valence-corrected chi connectivity index (χ1v) is 6.70. The number of hydrogen-bond donors (Lipinski definition) is 1. The molecule has 21 heavy (non-hydrogen) atoms. The van der Waals surface area contributed by atoms with Crippen LogP contribution in [0.5, 0.6) is 0 Å². The molecule has 0 aliphatic carbocycles. The lowest BCUT2D eigenvalue weighted by atomic mass is 9.97. The van der Waals surface area contributed by atoms with Crippen molar-refractivity contribution >= 4 is 16.3 Å². The van der Waals surface area contributed by atoms with Crippen LogP contribution in [-0.4, -0.2) is 19.6 Å². The minimum absolute atomic E-state index is 0.287. The van der Waals surface area contributed by atoms with E-state index in [-0.39, 0.29) is 6.04 Å². The Morgan fingerprint density at radius 1 is 0.952 bits per heavy atom. The smallest absolute Gasteiger partial charge is 0.0896 e. The van der Waals surface area contributed by atoms with Gasteiger partial charge >= 0.3 is 0 Å². The van der Waals surface area contributed by atoms with E-state index in [1.165, 1.54) is 0 Å². The molecule has 0 radical (unpaired) electrons. The third-order valence-electron chi connectivity index (χ3n) is 3.72. The first kappa shape index (κ1) is 12.0. The molecule has 4 rings (SSSR count). The fourth-order valence-corrected chi connectivity index (χ4v) is 2.65. The van der Waals surface area contributed by atoms with Crippen LogP contribution in [0.25, 0.3) is 16.3 Å². The molecule has 1 atom stereocenters. The van der Waals surface area contributed by atoms with Gasteiger partial charge in [-0.3, -0.25) is 9.97 Å². The summed E-state index contributed by atoms with van der Waals surface area (Å²) in [6.07, 6.45) is 10.8. The second-order valence-corrected chi connectivity index (χ2v) is 4.93. The van der Waals surface area contributed by atoms with Crippen molar-refractivity contribution in [2.24, 2.45) is 5.73 Å². The number of aromatic nitrogens is 4. The molecule has 2 N–H and O–H groups in total. The number of pyridine rings is 1. The van der Waals surface area contributed by atoms with Crippen LogP contribution in [0.2, 0.25) is 0 Å². The van der Waals surface area contributed by atoms with Gasteiger partial charge in [0, 0.05) is 35.7 Å². The minimum atomic E-state index is -0.287. The average Bonchev–Trinajstić information content (AvgIpc) is 2.98. The SMILES string of the molecule is NC(c1cncc2ccccc12)c1cnn2ccncc12. The van der Waals surface area contributed by atoms with Crippen LogP contribution < -0.4 is 5.73 Å². The van der Waals surface area contributed by atoms with E-state index in [1.54, 1.807) is 23.1 Å². The largest absolute Gasteiger partial charge is 0.320 e. The van der Waals surface area contributed by atoms with Crippen LogP contribution >= 0.6 is 0 Å². The first-order valence-electron chi connectivity index (χ1n) is 6.70. The van der Waals surface area contributed by atoms with Crippen LogP contribution in [0, 0.1) is 0 Å². The molecular formula is C16H13N5. The Kier molecular flexibility index (Phi) is 2.65. The molecule has 102 valence electrons. The number of rotatable bonds is 2. The van der Waals surface area contributed by atoms with E-state index >= 15 is 0 Å². The summed E-state index contributed by atoms with van der Waals surface area (Å²) in [5.74, 6) is 0. The third-order valence-corrected chi connectivity index (χ3v) is 3.72. The molecular weight excluding hydrogens is 262 g/mol. The standard InChI is InChI=1S/C16H13N5/c17-16(14-9-20-21-6-5-18-10-15(14)21)13-8-19-7-11-3-1-2-4-12(11)13/h1-10,16H,17H2. The fourth-order valence-electron chi connectivity index (χ4n) is 2.65. The zero-order chi connectivity index (χ0) is 14.2. The highest BCUT2D eigenvalue weighted by Gasteiger charge is 2.17. The molecule has 0 saturated heterocycles. The summed E-state index contributed by atoms with van der Waals surface area (Å²) in [6, 6.07) is 7.83. The van der Waals surface area contributed by atoms with Crippen molar-refractivity contribution in [1.29, 1.82) is 0 Å². The summed E-state index contributed by atoms with van der Waals surface area (Å²) in [5.41, 5.74) is 9.32. The summed E-state index contributed by atoms with van der Waals surface area (Å²) in [6.45, 7) is 0. The van der Waals surface area contributed by atoms with Gasteiger partial charge in [-0.1, -0.05) is 24.3 Å². The van der Waals surface area contributed by atoms with E-state index in [0.717, 1.165) is 27.4 Å². The molecule has 3 aromatic heterocycles. The minimum Gasteiger partial charge on any atom is -0.320 e. The van der Waals surface area contributed by atoms with Gasteiger partial charge in [0.05, 0.1) is 24.0 Å². The molecule has 1 unspecified atom stereocenters. The van der Waals surface area contributed by atoms with Crippen LogP contribution in [0.15, 0.2) is 61.4 Å². The molecule has 0 aliphatic rings. The molecule has 0 fully saturated rings. The molecule has 4 aromatic rings. The fraction of sp³-hybridized carbons (Fsp3) is 0.0625. The predicted octanol–water partition coefficient (Wildman–Crippen LogP) is 2.33. The van der Waals surface area contributed by atoms with Gasteiger partial charge in [0.2, 0.25) is 0 Å². The van der Waals surface area contributed by atoms with Gasteiger partial charge < -0.3 is 5.73 Å². The van der Waals surface area contributed by atoms with Crippen molar-refractivity contribution in [3.05, 3.63) is 72.6 Å². The van der Waals surface area contributed by atoms with E-state index < -0.39 is 0 Å². The van der Waals surface area contributed by atoms with Gasteiger partial charge in [0.15, 0.2) is 0 Å². The Bertz CT molecular complexity index is 923. The van der Waals surface area contributed by atoms with Crippen LogP contribution in [0.1, 0.15) is 17.2 Å². The zero-order valence-corrected chi connectivity index (χ0v) is 11.2. The molecule has 5 heteroatoms. The molecule has 0 amide bonds. The Morgan fingerprint density at radius 3 is 2.81 bits per heavy atom. The maximum absolute atomic E-state index is 6.47. The Balaban J connectivity index is 1.92. The highest BCUT2D eigenvalue weighted by Crippen LogP contribution is 2.28. The van der Waals surface area contributed by atoms with Gasteiger partial charge in [0.1, 0.15) is 0 Å². The summed E-state index contributed by atoms with van der Waals surface area (Å²) in [4.78, 5) is 8.45. The molecule has 5 nitrogen and oxygen atoms in total. The Labute approximate surface area is 121 Å². The lowest BCUT2D eigenvalue weighted by Gasteiger charge is -2.13. The van der Waals surface area contributed by atoms with Crippen molar-refractivity contribution in [2.75, 3.05) is 0 Å². The van der Waals surface area contributed by atoms with E-state index in [9.17, 15) is 0 Å².